The highest BCUT2D eigenvalue weighted by atomic mass is 35.5. The van der Waals surface area contributed by atoms with Gasteiger partial charge in [0.25, 0.3) is 5.91 Å². The van der Waals surface area contributed by atoms with Crippen LogP contribution in [0, 0.1) is 22.2 Å². The molecule has 2 N–H and O–H groups in total. The number of hydrogen-bond acceptors (Lipinski definition) is 9. The Bertz CT molecular complexity index is 1300. The van der Waals surface area contributed by atoms with Crippen LogP contribution >= 0.6 is 11.6 Å². The minimum atomic E-state index is -0.358. The second-order valence-corrected chi connectivity index (χ2v) is 13.6. The van der Waals surface area contributed by atoms with Crippen LogP contribution in [0.4, 0.5) is 5.95 Å². The molecule has 1 aromatic heterocycles. The van der Waals surface area contributed by atoms with Gasteiger partial charge in [0.2, 0.25) is 5.95 Å². The van der Waals surface area contributed by atoms with E-state index in [9.17, 15) is 9.90 Å². The van der Waals surface area contributed by atoms with Crippen molar-refractivity contribution in [2.24, 2.45) is 10.8 Å². The molecule has 2 aliphatic heterocycles. The van der Waals surface area contributed by atoms with Gasteiger partial charge in [-0.15, -0.1) is 0 Å². The number of rotatable bonds is 9. The summed E-state index contributed by atoms with van der Waals surface area (Å²) in [7, 11) is 0. The number of nitrogens with one attached hydrogen (secondary N) is 1. The molecule has 232 valence electrons. The second kappa shape index (κ2) is 12.9. The SMILES string of the molecule is CC1(C)C(NC(=O)c2cnc(N3CCC(OCCN4CCC(O)CC4)CC3)nc2)C(C)(C)C1Oc1ccc(C#N)c(Cl)c1. The van der Waals surface area contributed by atoms with Gasteiger partial charge < -0.3 is 29.7 Å². The van der Waals surface area contributed by atoms with Crippen LogP contribution in [0.25, 0.3) is 0 Å². The first-order chi connectivity index (χ1) is 20.5. The van der Waals surface area contributed by atoms with E-state index in [4.69, 9.17) is 26.3 Å². The first-order valence-electron chi connectivity index (χ1n) is 15.2. The number of benzene rings is 1. The molecule has 1 amide bonds. The molecule has 5 rings (SSSR count). The maximum atomic E-state index is 13.2. The summed E-state index contributed by atoms with van der Waals surface area (Å²) in [4.78, 5) is 26.8. The summed E-state index contributed by atoms with van der Waals surface area (Å²) in [5.41, 5.74) is 0.105. The lowest BCUT2D eigenvalue weighted by Crippen LogP contribution is -2.74. The molecule has 0 atom stereocenters. The standard InChI is InChI=1S/C32H43ClN6O4/c1-31(2)28(32(3,4)29(31)43-25-6-5-21(18-34)26(33)17-25)37-27(41)22-19-35-30(36-20-22)39-13-9-24(10-14-39)42-16-15-38-11-7-23(40)8-12-38/h5-6,17,19-20,23-24,28-29,40H,7-16H2,1-4H3,(H,37,41). The number of hydrogen-bond donors (Lipinski definition) is 2. The zero-order valence-corrected chi connectivity index (χ0v) is 26.3. The highest BCUT2D eigenvalue weighted by Crippen LogP contribution is 2.55. The van der Waals surface area contributed by atoms with Gasteiger partial charge in [-0.05, 0) is 37.8 Å². The fraction of sp³-hybridized carbons (Fsp3) is 0.625. The van der Waals surface area contributed by atoms with Crippen molar-refractivity contribution in [1.82, 2.24) is 20.2 Å². The van der Waals surface area contributed by atoms with Crippen molar-refractivity contribution in [2.75, 3.05) is 44.2 Å². The largest absolute Gasteiger partial charge is 0.489 e. The molecule has 2 saturated heterocycles. The summed E-state index contributed by atoms with van der Waals surface area (Å²) in [6, 6.07) is 6.98. The number of amides is 1. The van der Waals surface area contributed by atoms with E-state index in [1.807, 2.05) is 0 Å². The average molecular weight is 611 g/mol. The van der Waals surface area contributed by atoms with Crippen LogP contribution in [0.5, 0.6) is 5.75 Å². The van der Waals surface area contributed by atoms with Gasteiger partial charge in [-0.3, -0.25) is 4.79 Å². The van der Waals surface area contributed by atoms with Crippen molar-refractivity contribution < 1.29 is 19.4 Å². The Morgan fingerprint density at radius 1 is 1.09 bits per heavy atom. The lowest BCUT2D eigenvalue weighted by molar-refractivity contribution is -0.164. The topological polar surface area (TPSA) is 124 Å². The molecule has 10 nitrogen and oxygen atoms in total. The number of nitriles is 1. The van der Waals surface area contributed by atoms with Gasteiger partial charge in [0, 0.05) is 68.1 Å². The molecule has 3 fully saturated rings. The normalized spacial score (nSPS) is 24.2. The smallest absolute Gasteiger partial charge is 0.254 e. The van der Waals surface area contributed by atoms with Gasteiger partial charge in [-0.2, -0.15) is 5.26 Å². The Kier molecular flexibility index (Phi) is 9.47. The number of aromatic nitrogens is 2. The molecule has 3 aliphatic rings. The van der Waals surface area contributed by atoms with Gasteiger partial charge in [-0.25, -0.2) is 9.97 Å². The molecule has 0 unspecified atom stereocenters. The predicted octanol–water partition coefficient (Wildman–Crippen LogP) is 4.06. The monoisotopic (exact) mass is 610 g/mol. The summed E-state index contributed by atoms with van der Waals surface area (Å²) in [6.45, 7) is 13.4. The van der Waals surface area contributed by atoms with Crippen LogP contribution < -0.4 is 15.0 Å². The molecule has 1 aliphatic carbocycles. The Balaban J connectivity index is 1.09. The highest BCUT2D eigenvalue weighted by molar-refractivity contribution is 6.31. The van der Waals surface area contributed by atoms with Crippen LogP contribution in [-0.2, 0) is 4.74 Å². The quantitative estimate of drug-likeness (QED) is 0.433. The van der Waals surface area contributed by atoms with Crippen molar-refractivity contribution >= 4 is 23.5 Å². The molecule has 0 spiro atoms. The van der Waals surface area contributed by atoms with Gasteiger partial charge in [0.1, 0.15) is 17.9 Å². The summed E-state index contributed by atoms with van der Waals surface area (Å²) >= 11 is 6.21. The third-order valence-corrected chi connectivity index (χ3v) is 9.69. The Labute approximate surface area is 259 Å². The molecule has 11 heteroatoms. The lowest BCUT2D eigenvalue weighted by atomic mass is 9.49. The molecule has 0 radical (unpaired) electrons. The van der Waals surface area contributed by atoms with E-state index in [1.165, 1.54) is 0 Å². The van der Waals surface area contributed by atoms with E-state index in [0.717, 1.165) is 58.4 Å². The third-order valence-electron chi connectivity index (χ3n) is 9.37. The van der Waals surface area contributed by atoms with E-state index in [-0.39, 0.29) is 41.1 Å². The predicted molar refractivity (Wildman–Crippen MR) is 164 cm³/mol. The number of carbonyl (C=O) groups is 1. The average Bonchev–Trinajstić information content (AvgIpc) is 3.00. The van der Waals surface area contributed by atoms with Crippen molar-refractivity contribution in [3.8, 4) is 11.8 Å². The molecule has 2 aromatic rings. The molecule has 0 bridgehead atoms. The lowest BCUT2D eigenvalue weighted by Gasteiger charge is -2.63. The van der Waals surface area contributed by atoms with Crippen molar-refractivity contribution in [3.63, 3.8) is 0 Å². The summed E-state index contributed by atoms with van der Waals surface area (Å²) in [6.07, 6.45) is 6.62. The Morgan fingerprint density at radius 3 is 2.35 bits per heavy atom. The fourth-order valence-corrected chi connectivity index (χ4v) is 7.34. The molecule has 43 heavy (non-hydrogen) atoms. The number of likely N-dealkylation sites (tertiary alicyclic amines) is 1. The number of piperidine rings is 2. The Hall–Kier alpha value is -2.97. The number of ether oxygens (including phenoxy) is 2. The van der Waals surface area contributed by atoms with Crippen LogP contribution in [0.2, 0.25) is 5.02 Å². The minimum absolute atomic E-state index is 0.147. The third kappa shape index (κ3) is 6.91. The zero-order chi connectivity index (χ0) is 30.8. The number of nitrogens with zero attached hydrogens (tertiary/aromatic N) is 5. The van der Waals surface area contributed by atoms with Crippen LogP contribution in [-0.4, -0.2) is 89.6 Å². The molecular weight excluding hydrogens is 568 g/mol. The van der Waals surface area contributed by atoms with Gasteiger partial charge in [-0.1, -0.05) is 39.3 Å². The van der Waals surface area contributed by atoms with Gasteiger partial charge >= 0.3 is 0 Å². The number of carbonyl (C=O) groups excluding carboxylic acids is 1. The molecular formula is C32H43ClN6O4. The second-order valence-electron chi connectivity index (χ2n) is 13.2. The highest BCUT2D eigenvalue weighted by Gasteiger charge is 2.64. The first kappa shape index (κ1) is 31.5. The fourth-order valence-electron chi connectivity index (χ4n) is 7.13. The van der Waals surface area contributed by atoms with E-state index in [0.29, 0.717) is 34.5 Å². The molecule has 1 aromatic carbocycles. The maximum Gasteiger partial charge on any atom is 0.254 e. The first-order valence-corrected chi connectivity index (χ1v) is 15.6. The number of halogens is 1. The van der Waals surface area contributed by atoms with E-state index < -0.39 is 0 Å². The van der Waals surface area contributed by atoms with Gasteiger partial charge in [0.05, 0.1) is 35.0 Å². The number of aliphatic hydroxyl groups excluding tert-OH is 1. The zero-order valence-electron chi connectivity index (χ0n) is 25.6. The van der Waals surface area contributed by atoms with Crippen LogP contribution in [0.3, 0.4) is 0 Å². The van der Waals surface area contributed by atoms with Crippen molar-refractivity contribution in [2.45, 2.75) is 77.7 Å². The number of anilines is 1. The summed E-state index contributed by atoms with van der Waals surface area (Å²) in [5.74, 6) is 1.01. The number of aliphatic hydroxyl groups is 1. The Morgan fingerprint density at radius 2 is 1.74 bits per heavy atom. The summed E-state index contributed by atoms with van der Waals surface area (Å²) in [5, 5.41) is 22.4. The minimum Gasteiger partial charge on any atom is -0.489 e. The van der Waals surface area contributed by atoms with E-state index >= 15 is 0 Å². The maximum absolute atomic E-state index is 13.2. The van der Waals surface area contributed by atoms with Crippen molar-refractivity contribution in [1.29, 1.82) is 5.26 Å². The van der Waals surface area contributed by atoms with E-state index in [2.05, 4.69) is 58.8 Å². The molecule has 1 saturated carbocycles. The van der Waals surface area contributed by atoms with E-state index in [1.54, 1.807) is 30.6 Å². The van der Waals surface area contributed by atoms with Gasteiger partial charge in [0.15, 0.2) is 0 Å². The van der Waals surface area contributed by atoms with Crippen LogP contribution in [0.1, 0.15) is 69.3 Å². The summed E-state index contributed by atoms with van der Waals surface area (Å²) < 4.78 is 12.5. The molecule has 3 heterocycles. The van der Waals surface area contributed by atoms with Crippen LogP contribution in [0.15, 0.2) is 30.6 Å². The van der Waals surface area contributed by atoms with Crippen molar-refractivity contribution in [3.05, 3.63) is 46.7 Å².